The van der Waals surface area contributed by atoms with E-state index in [9.17, 15) is 9.18 Å². The highest BCUT2D eigenvalue weighted by atomic mass is 19.1. The largest absolute Gasteiger partial charge is 0.443 e. The summed E-state index contributed by atoms with van der Waals surface area (Å²) in [7, 11) is 0. The topological polar surface area (TPSA) is 121 Å². The van der Waals surface area contributed by atoms with E-state index in [4.69, 9.17) is 19.9 Å². The molecule has 2 atom stereocenters. The first kappa shape index (κ1) is 21.1. The Kier molecular flexibility index (Phi) is 5.33. The van der Waals surface area contributed by atoms with Crippen LogP contribution < -0.4 is 21.1 Å². The molecule has 1 saturated heterocycles. The second kappa shape index (κ2) is 8.32. The number of rotatable bonds is 3. The molecule has 33 heavy (non-hydrogen) atoms. The molecule has 9 nitrogen and oxygen atoms in total. The molecule has 2 aliphatic rings. The fraction of sp³-hybridized carbons (Fsp3) is 0.318. The van der Waals surface area contributed by atoms with Crippen molar-refractivity contribution in [2.75, 3.05) is 36.1 Å². The fourth-order valence-corrected chi connectivity index (χ4v) is 3.95. The van der Waals surface area contributed by atoms with Crippen LogP contribution in [-0.4, -0.2) is 48.3 Å². The zero-order valence-corrected chi connectivity index (χ0v) is 17.7. The number of nitrogens with zero attached hydrogens (tertiary/aromatic N) is 2. The monoisotopic (exact) mass is 457 g/mol. The molecule has 4 N–H and O–H groups in total. The molecule has 0 radical (unpaired) electrons. The predicted octanol–water partition coefficient (Wildman–Crippen LogP) is 3.76. The van der Waals surface area contributed by atoms with E-state index in [0.29, 0.717) is 47.2 Å². The number of nitrogens with two attached hydrogens (primary N) is 1. The number of aromatic nitrogens is 2. The molecule has 0 saturated carbocycles. The third-order valence-electron chi connectivity index (χ3n) is 5.66. The molecule has 0 spiro atoms. The number of halogens is 2. The summed E-state index contributed by atoms with van der Waals surface area (Å²) >= 11 is 0. The lowest BCUT2D eigenvalue weighted by Gasteiger charge is -2.24. The van der Waals surface area contributed by atoms with Crippen molar-refractivity contribution < 1.29 is 27.8 Å². The first-order valence-electron chi connectivity index (χ1n) is 10.4. The summed E-state index contributed by atoms with van der Waals surface area (Å²) < 4.78 is 44.3. The molecule has 3 aromatic rings. The number of amides is 1. The van der Waals surface area contributed by atoms with Gasteiger partial charge in [-0.05, 0) is 30.0 Å². The molecule has 11 heteroatoms. The lowest BCUT2D eigenvalue weighted by Crippen LogP contribution is -2.27. The van der Waals surface area contributed by atoms with Crippen LogP contribution in [0.3, 0.4) is 0 Å². The van der Waals surface area contributed by atoms with Crippen molar-refractivity contribution in [2.24, 2.45) is 0 Å². The van der Waals surface area contributed by atoms with Crippen LogP contribution in [0.2, 0.25) is 0 Å². The van der Waals surface area contributed by atoms with Gasteiger partial charge in [-0.3, -0.25) is 5.32 Å². The number of benzene rings is 1. The van der Waals surface area contributed by atoms with Crippen molar-refractivity contribution >= 4 is 34.1 Å². The quantitative estimate of drug-likeness (QED) is 0.509. The average molecular weight is 457 g/mol. The standard InChI is InChI=1S/C22H21F2N5O4/c1-10-14(6-28-21-20(10)27-8-16(23)33-21)13-4-11-5-17(26-7-15(11)19(25)18(13)24)29-22(30)32-12-2-3-31-9-12/h4-7,12,16,27H,2-3,8-9,25H2,1H3,(H,26,29,30). The van der Waals surface area contributed by atoms with E-state index < -0.39 is 18.3 Å². The summed E-state index contributed by atoms with van der Waals surface area (Å²) in [4.78, 5) is 20.4. The molecule has 172 valence electrons. The van der Waals surface area contributed by atoms with Crippen molar-refractivity contribution in [3.63, 3.8) is 0 Å². The van der Waals surface area contributed by atoms with Gasteiger partial charge in [-0.1, -0.05) is 0 Å². The number of nitrogen functional groups attached to an aromatic ring is 1. The smallest absolute Gasteiger partial charge is 0.413 e. The second-order valence-corrected chi connectivity index (χ2v) is 7.84. The Bertz CT molecular complexity index is 1250. The first-order chi connectivity index (χ1) is 15.9. The van der Waals surface area contributed by atoms with Gasteiger partial charge in [0.2, 0.25) is 5.88 Å². The minimum atomic E-state index is -1.50. The summed E-state index contributed by atoms with van der Waals surface area (Å²) in [6, 6.07) is 3.18. The summed E-state index contributed by atoms with van der Waals surface area (Å²) in [6.07, 6.45) is 0.984. The van der Waals surface area contributed by atoms with Crippen molar-refractivity contribution in [3.8, 4) is 17.0 Å². The Morgan fingerprint density at radius 2 is 2.15 bits per heavy atom. The lowest BCUT2D eigenvalue weighted by molar-refractivity contribution is 0.0688. The van der Waals surface area contributed by atoms with E-state index in [-0.39, 0.29) is 35.6 Å². The van der Waals surface area contributed by atoms with Crippen LogP contribution in [0, 0.1) is 12.7 Å². The average Bonchev–Trinajstić information content (AvgIpc) is 3.29. The number of hydrogen-bond donors (Lipinski definition) is 3. The van der Waals surface area contributed by atoms with E-state index in [0.717, 1.165) is 0 Å². The van der Waals surface area contributed by atoms with Crippen molar-refractivity contribution in [1.82, 2.24) is 9.97 Å². The Hall–Kier alpha value is -3.73. The van der Waals surface area contributed by atoms with Crippen molar-refractivity contribution in [3.05, 3.63) is 35.9 Å². The molecule has 2 unspecified atom stereocenters. The summed E-state index contributed by atoms with van der Waals surface area (Å²) in [5.74, 6) is -0.283. The highest BCUT2D eigenvalue weighted by Crippen LogP contribution is 2.40. The van der Waals surface area contributed by atoms with E-state index in [1.807, 2.05) is 0 Å². The van der Waals surface area contributed by atoms with Gasteiger partial charge in [-0.15, -0.1) is 0 Å². The van der Waals surface area contributed by atoms with Gasteiger partial charge >= 0.3 is 6.09 Å². The highest BCUT2D eigenvalue weighted by Gasteiger charge is 2.25. The summed E-state index contributed by atoms with van der Waals surface area (Å²) in [5, 5.41) is 6.45. The van der Waals surface area contributed by atoms with Gasteiger partial charge in [0.25, 0.3) is 6.36 Å². The van der Waals surface area contributed by atoms with Crippen LogP contribution >= 0.6 is 0 Å². The van der Waals surface area contributed by atoms with Crippen molar-refractivity contribution in [2.45, 2.75) is 25.8 Å². The molecule has 0 bridgehead atoms. The zero-order chi connectivity index (χ0) is 23.1. The zero-order valence-electron chi connectivity index (χ0n) is 17.7. The van der Waals surface area contributed by atoms with Gasteiger partial charge in [0.05, 0.1) is 25.4 Å². The number of hydrogen-bond acceptors (Lipinski definition) is 8. The van der Waals surface area contributed by atoms with E-state index in [1.54, 1.807) is 19.1 Å². The van der Waals surface area contributed by atoms with Crippen LogP contribution in [0.1, 0.15) is 12.0 Å². The molecule has 0 aliphatic carbocycles. The number of nitrogens with one attached hydrogen (secondary N) is 2. The minimum absolute atomic E-state index is 0.0366. The maximum Gasteiger partial charge on any atom is 0.413 e. The van der Waals surface area contributed by atoms with Gasteiger partial charge in [0.15, 0.2) is 5.82 Å². The van der Waals surface area contributed by atoms with Gasteiger partial charge in [0, 0.05) is 35.3 Å². The van der Waals surface area contributed by atoms with E-state index in [2.05, 4.69) is 20.6 Å². The van der Waals surface area contributed by atoms with E-state index >= 15 is 4.39 Å². The maximum absolute atomic E-state index is 15.2. The Balaban J connectivity index is 1.50. The summed E-state index contributed by atoms with van der Waals surface area (Å²) in [6.45, 7) is 2.63. The number of carbonyl (C=O) groups excluding carboxylic acids is 1. The second-order valence-electron chi connectivity index (χ2n) is 7.84. The van der Waals surface area contributed by atoms with Gasteiger partial charge in [0.1, 0.15) is 17.6 Å². The van der Waals surface area contributed by atoms with Gasteiger partial charge in [-0.25, -0.2) is 19.2 Å². The molecule has 2 aromatic heterocycles. The van der Waals surface area contributed by atoms with Crippen LogP contribution in [0.4, 0.5) is 30.8 Å². The molecular formula is C22H21F2N5O4. The number of pyridine rings is 2. The number of fused-ring (bicyclic) bond motifs is 2. The SMILES string of the molecule is Cc1c(-c2cc3cc(NC(=O)OC4CCOC4)ncc3c(N)c2F)cnc2c1NCC(F)O2. The van der Waals surface area contributed by atoms with Crippen molar-refractivity contribution in [1.29, 1.82) is 0 Å². The summed E-state index contributed by atoms with van der Waals surface area (Å²) in [5.41, 5.74) is 7.80. The predicted molar refractivity (Wildman–Crippen MR) is 117 cm³/mol. The van der Waals surface area contributed by atoms with Crippen LogP contribution in [0.5, 0.6) is 5.88 Å². The van der Waals surface area contributed by atoms with E-state index in [1.165, 1.54) is 12.4 Å². The van der Waals surface area contributed by atoms with Gasteiger partial charge < -0.3 is 25.3 Å². The molecule has 5 rings (SSSR count). The molecule has 2 aliphatic heterocycles. The molecule has 1 fully saturated rings. The Morgan fingerprint density at radius 1 is 1.30 bits per heavy atom. The number of anilines is 3. The lowest BCUT2D eigenvalue weighted by atomic mass is 9.97. The number of alkyl halides is 1. The van der Waals surface area contributed by atoms with Crippen LogP contribution in [-0.2, 0) is 9.47 Å². The normalized spacial score (nSPS) is 19.5. The molecule has 4 heterocycles. The van der Waals surface area contributed by atoms with Crippen LogP contribution in [0.25, 0.3) is 21.9 Å². The molecule has 1 amide bonds. The third kappa shape index (κ3) is 3.95. The first-order valence-corrected chi connectivity index (χ1v) is 10.4. The third-order valence-corrected chi connectivity index (χ3v) is 5.66. The minimum Gasteiger partial charge on any atom is -0.443 e. The number of ether oxygens (including phenoxy) is 3. The van der Waals surface area contributed by atoms with Gasteiger partial charge in [-0.2, -0.15) is 4.39 Å². The molecular weight excluding hydrogens is 436 g/mol. The maximum atomic E-state index is 15.2. The molecule has 1 aromatic carbocycles. The highest BCUT2D eigenvalue weighted by molar-refractivity contribution is 5.99. The fourth-order valence-electron chi connectivity index (χ4n) is 3.95. The van der Waals surface area contributed by atoms with Crippen LogP contribution in [0.15, 0.2) is 24.5 Å². The Morgan fingerprint density at radius 3 is 2.94 bits per heavy atom. The Labute approximate surface area is 187 Å². The number of carbonyl (C=O) groups is 1.